The van der Waals surface area contributed by atoms with Gasteiger partial charge in [-0.05, 0) is 150 Å². The molecule has 0 saturated carbocycles. The van der Waals surface area contributed by atoms with Crippen molar-refractivity contribution in [1.29, 1.82) is 0 Å². The number of benzene rings is 13. The molecule has 0 saturated heterocycles. The summed E-state index contributed by atoms with van der Waals surface area (Å²) in [5.74, 6) is 0. The zero-order valence-electron chi connectivity index (χ0n) is 36.2. The average Bonchev–Trinajstić information content (AvgIpc) is 3.41. The van der Waals surface area contributed by atoms with Gasteiger partial charge in [-0.3, -0.25) is 0 Å². The number of hydrogen-bond donors (Lipinski definition) is 0. The van der Waals surface area contributed by atoms with Gasteiger partial charge in [-0.1, -0.05) is 237 Å². The van der Waals surface area contributed by atoms with E-state index in [1.165, 1.54) is 131 Å². The van der Waals surface area contributed by atoms with E-state index >= 15 is 0 Å². The molecular formula is C66H42. The molecule has 13 aromatic carbocycles. The molecule has 0 spiro atoms. The molecule has 0 heteroatoms. The summed E-state index contributed by atoms with van der Waals surface area (Å²) in [4.78, 5) is 0. The minimum absolute atomic E-state index is 1.17. The Kier molecular flexibility index (Phi) is 8.96. The van der Waals surface area contributed by atoms with Gasteiger partial charge in [0.05, 0.1) is 0 Å². The van der Waals surface area contributed by atoms with Gasteiger partial charge in [0.1, 0.15) is 0 Å². The maximum atomic E-state index is 2.48. The van der Waals surface area contributed by atoms with Gasteiger partial charge in [0.2, 0.25) is 0 Å². The maximum absolute atomic E-state index is 2.48. The molecule has 13 aromatic rings. The van der Waals surface area contributed by atoms with Crippen LogP contribution in [0.2, 0.25) is 0 Å². The van der Waals surface area contributed by atoms with E-state index in [0.29, 0.717) is 0 Å². The van der Waals surface area contributed by atoms with Gasteiger partial charge in [-0.2, -0.15) is 0 Å². The van der Waals surface area contributed by atoms with Crippen LogP contribution in [0.4, 0.5) is 0 Å². The van der Waals surface area contributed by atoms with Crippen molar-refractivity contribution in [1.82, 2.24) is 0 Å². The summed E-state index contributed by atoms with van der Waals surface area (Å²) in [6.45, 7) is 0. The predicted molar refractivity (Wildman–Crippen MR) is 284 cm³/mol. The Morgan fingerprint density at radius 1 is 0.152 bits per heavy atom. The van der Waals surface area contributed by atoms with Gasteiger partial charge in [0, 0.05) is 0 Å². The van der Waals surface area contributed by atoms with Gasteiger partial charge in [-0.15, -0.1) is 0 Å². The molecule has 0 aliphatic heterocycles. The van der Waals surface area contributed by atoms with Crippen LogP contribution in [-0.4, -0.2) is 0 Å². The molecule has 0 heterocycles. The molecule has 0 radical (unpaired) electrons. The standard InChI is InChI=1S/C66H42/c1-5-22-43(23-6-1)57-41-59(61(45-26-9-3-10-27-45)65-55-38-19-15-34-51(55)49-32-13-17-36-53(49)63(57)65)47-30-21-31-48(40-47)60-42-58(44-24-7-2-8-25-44)64-54-37-18-14-33-50(54)52-35-16-20-39-56(52)66(64)62(60)46-28-11-4-12-29-46/h1-42H. The second-order valence-electron chi connectivity index (χ2n) is 17.4. The summed E-state index contributed by atoms with van der Waals surface area (Å²) in [7, 11) is 0. The van der Waals surface area contributed by atoms with Crippen LogP contribution >= 0.6 is 0 Å². The fourth-order valence-electron chi connectivity index (χ4n) is 11.0. The Morgan fingerprint density at radius 2 is 0.409 bits per heavy atom. The zero-order chi connectivity index (χ0) is 43.6. The minimum atomic E-state index is 1.17. The minimum Gasteiger partial charge on any atom is -0.0622 e. The summed E-state index contributed by atoms with van der Waals surface area (Å²) in [6.07, 6.45) is 0. The third-order valence-corrected chi connectivity index (χ3v) is 13.8. The SMILES string of the molecule is c1ccc(-c2cc(-c3cccc(-c4cc(-c5ccccc5)c5c6ccccc6c6ccccc6c5c4-c4ccccc4)c3)c(-c3ccccc3)c3c4ccccc4c4ccccc4c23)cc1. The molecule has 0 aliphatic rings. The quantitative estimate of drug-likeness (QED) is 0.146. The van der Waals surface area contributed by atoms with E-state index < -0.39 is 0 Å². The number of rotatable bonds is 6. The highest BCUT2D eigenvalue weighted by Gasteiger charge is 2.24. The van der Waals surface area contributed by atoms with E-state index in [0.717, 1.165) is 0 Å². The third-order valence-electron chi connectivity index (χ3n) is 13.8. The highest BCUT2D eigenvalue weighted by atomic mass is 14.3. The Labute approximate surface area is 384 Å². The zero-order valence-corrected chi connectivity index (χ0v) is 36.2. The summed E-state index contributed by atoms with van der Waals surface area (Å²) in [5.41, 5.74) is 14.5. The molecule has 0 aromatic heterocycles. The van der Waals surface area contributed by atoms with Gasteiger partial charge in [0.25, 0.3) is 0 Å². The first kappa shape index (κ1) is 37.9. The van der Waals surface area contributed by atoms with Crippen molar-refractivity contribution in [2.45, 2.75) is 0 Å². The summed E-state index contributed by atoms with van der Waals surface area (Å²) in [6, 6.07) is 94.3. The molecular weight excluding hydrogens is 793 g/mol. The molecule has 66 heavy (non-hydrogen) atoms. The highest BCUT2D eigenvalue weighted by Crippen LogP contribution is 2.52. The first-order valence-electron chi connectivity index (χ1n) is 22.9. The van der Waals surface area contributed by atoms with Gasteiger partial charge in [-0.25, -0.2) is 0 Å². The lowest BCUT2D eigenvalue weighted by Gasteiger charge is -2.23. The fourth-order valence-corrected chi connectivity index (χ4v) is 11.0. The summed E-state index contributed by atoms with van der Waals surface area (Å²) >= 11 is 0. The lowest BCUT2D eigenvalue weighted by Crippen LogP contribution is -1.96. The molecule has 0 bridgehead atoms. The second kappa shape index (κ2) is 15.6. The number of hydrogen-bond acceptors (Lipinski definition) is 0. The molecule has 306 valence electrons. The number of fused-ring (bicyclic) bond motifs is 12. The van der Waals surface area contributed by atoms with E-state index in [1.54, 1.807) is 0 Å². The van der Waals surface area contributed by atoms with E-state index in [4.69, 9.17) is 0 Å². The summed E-state index contributed by atoms with van der Waals surface area (Å²) in [5, 5.41) is 15.2. The van der Waals surface area contributed by atoms with Crippen molar-refractivity contribution in [3.05, 3.63) is 255 Å². The van der Waals surface area contributed by atoms with Crippen LogP contribution < -0.4 is 0 Å². The molecule has 13 rings (SSSR count). The van der Waals surface area contributed by atoms with Crippen LogP contribution in [0.1, 0.15) is 0 Å². The molecule has 0 atom stereocenters. The van der Waals surface area contributed by atoms with Crippen molar-refractivity contribution < 1.29 is 0 Å². The summed E-state index contributed by atoms with van der Waals surface area (Å²) < 4.78 is 0. The van der Waals surface area contributed by atoms with E-state index in [9.17, 15) is 0 Å². The molecule has 0 N–H and O–H groups in total. The molecule has 0 fully saturated rings. The van der Waals surface area contributed by atoms with Gasteiger partial charge < -0.3 is 0 Å². The second-order valence-corrected chi connectivity index (χ2v) is 17.4. The van der Waals surface area contributed by atoms with Crippen molar-refractivity contribution in [2.24, 2.45) is 0 Å². The largest absolute Gasteiger partial charge is 0.0622 e. The van der Waals surface area contributed by atoms with Crippen LogP contribution in [0.3, 0.4) is 0 Å². The van der Waals surface area contributed by atoms with Crippen molar-refractivity contribution >= 4 is 64.6 Å². The van der Waals surface area contributed by atoms with Crippen molar-refractivity contribution in [3.63, 3.8) is 0 Å². The van der Waals surface area contributed by atoms with Crippen LogP contribution in [0.15, 0.2) is 255 Å². The smallest absolute Gasteiger partial charge is 0.000786 e. The maximum Gasteiger partial charge on any atom is -0.000786 e. The van der Waals surface area contributed by atoms with Gasteiger partial charge in [0.15, 0.2) is 0 Å². The fraction of sp³-hybridized carbons (Fsp3) is 0. The van der Waals surface area contributed by atoms with E-state index in [2.05, 4.69) is 255 Å². The Bertz CT molecular complexity index is 3740. The van der Waals surface area contributed by atoms with Crippen LogP contribution in [0, 0.1) is 0 Å². The van der Waals surface area contributed by atoms with Gasteiger partial charge >= 0.3 is 0 Å². The third kappa shape index (κ3) is 6.00. The average molecular weight is 835 g/mol. The van der Waals surface area contributed by atoms with Crippen LogP contribution in [-0.2, 0) is 0 Å². The van der Waals surface area contributed by atoms with E-state index in [-0.39, 0.29) is 0 Å². The molecule has 0 unspecified atom stereocenters. The van der Waals surface area contributed by atoms with Crippen molar-refractivity contribution in [3.8, 4) is 66.8 Å². The van der Waals surface area contributed by atoms with Crippen LogP contribution in [0.5, 0.6) is 0 Å². The van der Waals surface area contributed by atoms with E-state index in [1.807, 2.05) is 0 Å². The first-order chi connectivity index (χ1) is 32.8. The topological polar surface area (TPSA) is 0 Å². The lowest BCUT2D eigenvalue weighted by molar-refractivity contribution is 1.58. The normalized spacial score (nSPS) is 11.6. The predicted octanol–water partition coefficient (Wildman–Crippen LogP) is 18.6. The lowest BCUT2D eigenvalue weighted by atomic mass is 9.80. The van der Waals surface area contributed by atoms with Crippen molar-refractivity contribution in [2.75, 3.05) is 0 Å². The van der Waals surface area contributed by atoms with Crippen LogP contribution in [0.25, 0.3) is 131 Å². The monoisotopic (exact) mass is 834 g/mol. The Morgan fingerprint density at radius 3 is 0.742 bits per heavy atom. The first-order valence-corrected chi connectivity index (χ1v) is 22.9. The highest BCUT2D eigenvalue weighted by molar-refractivity contribution is 6.34. The Balaban J connectivity index is 1.19. The molecule has 0 amide bonds. The molecule has 0 aliphatic carbocycles. The Hall–Kier alpha value is -8.58. The molecule has 0 nitrogen and oxygen atoms in total.